The maximum absolute atomic E-state index is 11.0. The first-order valence-electron chi connectivity index (χ1n) is 12.3. The standard InChI is InChI=1S/C19H19NO2.C10H18N2O4/c1-14-8-10-17(11-9-14)21-13-12-18-15(2)22-19(20-18)16-6-4-3-5-7-16;1-9(2,3)15-7(13)11-12-8(14)16-10(4,5)6/h3-11H,12-13H2,1-2H3;1-6H3. The fourth-order valence-corrected chi connectivity index (χ4v) is 2.91. The Morgan fingerprint density at radius 2 is 1.34 bits per heavy atom. The van der Waals surface area contributed by atoms with Crippen molar-refractivity contribution in [2.45, 2.75) is 73.0 Å². The maximum Gasteiger partial charge on any atom is 0.453 e. The molecular weight excluding hydrogens is 486 g/mol. The number of hydrogen-bond acceptors (Lipinski definition) is 7. The number of benzene rings is 2. The van der Waals surface area contributed by atoms with Gasteiger partial charge in [0.2, 0.25) is 5.89 Å². The number of aromatic nitrogens is 1. The van der Waals surface area contributed by atoms with Gasteiger partial charge >= 0.3 is 12.2 Å². The highest BCUT2D eigenvalue weighted by molar-refractivity contribution is 5.73. The highest BCUT2D eigenvalue weighted by Crippen LogP contribution is 2.22. The summed E-state index contributed by atoms with van der Waals surface area (Å²) in [5.74, 6) is 2.41. The Bertz CT molecular complexity index is 1170. The van der Waals surface area contributed by atoms with Gasteiger partial charge in [-0.2, -0.15) is 0 Å². The number of aryl methyl sites for hydroxylation is 2. The number of rotatable bonds is 5. The monoisotopic (exact) mass is 523 g/mol. The molecule has 0 unspecified atom stereocenters. The van der Waals surface area contributed by atoms with Crippen LogP contribution in [0.3, 0.4) is 0 Å². The van der Waals surface area contributed by atoms with Gasteiger partial charge in [0.25, 0.3) is 0 Å². The van der Waals surface area contributed by atoms with Gasteiger partial charge in [-0.3, -0.25) is 0 Å². The van der Waals surface area contributed by atoms with Crippen LogP contribution in [0.15, 0.2) is 69.2 Å². The third-order valence-electron chi connectivity index (χ3n) is 4.54. The normalized spacial score (nSPS) is 11.5. The Labute approximate surface area is 224 Å². The summed E-state index contributed by atoms with van der Waals surface area (Å²) in [5, 5.41) is 6.17. The van der Waals surface area contributed by atoms with Crippen molar-refractivity contribution in [2.75, 3.05) is 6.61 Å². The molecule has 0 aliphatic carbocycles. The summed E-state index contributed by atoms with van der Waals surface area (Å²) in [5.41, 5.74) is 1.85. The van der Waals surface area contributed by atoms with Crippen LogP contribution in [0.5, 0.6) is 5.75 Å². The van der Waals surface area contributed by atoms with E-state index in [1.807, 2.05) is 61.5 Å². The SMILES string of the molecule is CC(C)(C)OC(=O)N=NC(=O)OC(C)(C)C.Cc1ccc(OCCc2nc(-c3ccccc3)oc2C)cc1. The van der Waals surface area contributed by atoms with E-state index in [9.17, 15) is 9.59 Å². The summed E-state index contributed by atoms with van der Waals surface area (Å²) in [4.78, 5) is 26.7. The van der Waals surface area contributed by atoms with E-state index in [2.05, 4.69) is 22.1 Å². The van der Waals surface area contributed by atoms with Crippen molar-refractivity contribution < 1.29 is 28.2 Å². The number of carbonyl (C=O) groups excluding carboxylic acids is 2. The molecule has 0 N–H and O–H groups in total. The number of amides is 2. The van der Waals surface area contributed by atoms with Crippen LogP contribution in [0.25, 0.3) is 11.5 Å². The van der Waals surface area contributed by atoms with E-state index in [4.69, 9.17) is 18.6 Å². The zero-order chi connectivity index (χ0) is 28.3. The van der Waals surface area contributed by atoms with Crippen LogP contribution >= 0.6 is 0 Å². The van der Waals surface area contributed by atoms with Crippen LogP contribution < -0.4 is 4.74 Å². The van der Waals surface area contributed by atoms with Gasteiger partial charge in [0.15, 0.2) is 0 Å². The van der Waals surface area contributed by atoms with Crippen molar-refractivity contribution in [1.82, 2.24) is 4.98 Å². The van der Waals surface area contributed by atoms with Crippen molar-refractivity contribution in [3.63, 3.8) is 0 Å². The maximum atomic E-state index is 11.0. The molecule has 3 aromatic rings. The van der Waals surface area contributed by atoms with Gasteiger partial charge in [-0.25, -0.2) is 14.6 Å². The van der Waals surface area contributed by atoms with Crippen molar-refractivity contribution in [1.29, 1.82) is 0 Å². The van der Waals surface area contributed by atoms with Gasteiger partial charge in [0.1, 0.15) is 22.7 Å². The number of ether oxygens (including phenoxy) is 3. The fourth-order valence-electron chi connectivity index (χ4n) is 2.91. The highest BCUT2D eigenvalue weighted by Gasteiger charge is 2.18. The molecule has 2 amide bonds. The second-order valence-corrected chi connectivity index (χ2v) is 10.5. The predicted molar refractivity (Wildman–Crippen MR) is 144 cm³/mol. The van der Waals surface area contributed by atoms with Crippen LogP contribution in [0.2, 0.25) is 0 Å². The zero-order valence-corrected chi connectivity index (χ0v) is 23.4. The molecule has 0 fully saturated rings. The first kappa shape index (κ1) is 30.2. The first-order chi connectivity index (χ1) is 17.7. The number of hydrogen-bond donors (Lipinski definition) is 0. The molecule has 0 aliphatic rings. The van der Waals surface area contributed by atoms with Gasteiger partial charge in [0, 0.05) is 12.0 Å². The summed E-state index contributed by atoms with van der Waals surface area (Å²) in [6, 6.07) is 18.0. The lowest BCUT2D eigenvalue weighted by molar-refractivity contribution is 0.0516. The summed E-state index contributed by atoms with van der Waals surface area (Å²) in [6.45, 7) is 14.7. The van der Waals surface area contributed by atoms with E-state index in [1.165, 1.54) is 5.56 Å². The molecule has 204 valence electrons. The van der Waals surface area contributed by atoms with E-state index >= 15 is 0 Å². The second kappa shape index (κ2) is 13.5. The number of carbonyl (C=O) groups is 2. The second-order valence-electron chi connectivity index (χ2n) is 10.5. The minimum absolute atomic E-state index is 0.588. The average Bonchev–Trinajstić information content (AvgIpc) is 3.18. The molecule has 9 heteroatoms. The minimum atomic E-state index is -0.918. The molecule has 0 atom stereocenters. The lowest BCUT2D eigenvalue weighted by atomic mass is 10.2. The Kier molecular flexibility index (Phi) is 10.7. The van der Waals surface area contributed by atoms with E-state index in [1.54, 1.807) is 41.5 Å². The number of nitrogens with zero attached hydrogens (tertiary/aromatic N) is 3. The molecule has 3 rings (SSSR count). The zero-order valence-electron chi connectivity index (χ0n) is 23.4. The molecule has 0 saturated carbocycles. The average molecular weight is 524 g/mol. The van der Waals surface area contributed by atoms with Gasteiger partial charge in [-0.1, -0.05) is 46.1 Å². The van der Waals surface area contributed by atoms with Crippen LogP contribution in [0, 0.1) is 13.8 Å². The molecule has 2 aromatic carbocycles. The third kappa shape index (κ3) is 11.8. The van der Waals surface area contributed by atoms with Crippen LogP contribution in [0.1, 0.15) is 58.6 Å². The first-order valence-corrected chi connectivity index (χ1v) is 12.3. The molecule has 0 bridgehead atoms. The Morgan fingerprint density at radius 3 is 1.84 bits per heavy atom. The van der Waals surface area contributed by atoms with Gasteiger partial charge < -0.3 is 18.6 Å². The molecule has 1 heterocycles. The molecular formula is C29H37N3O6. The quantitative estimate of drug-likeness (QED) is 0.312. The number of oxazole rings is 1. The fraction of sp³-hybridized carbons (Fsp3) is 0.414. The number of azo groups is 1. The molecule has 1 aromatic heterocycles. The van der Waals surface area contributed by atoms with Gasteiger partial charge in [0.05, 0.1) is 12.3 Å². The molecule has 38 heavy (non-hydrogen) atoms. The smallest absolute Gasteiger partial charge is 0.453 e. The van der Waals surface area contributed by atoms with Gasteiger partial charge in [-0.15, -0.1) is 0 Å². The topological polar surface area (TPSA) is 113 Å². The highest BCUT2D eigenvalue weighted by atomic mass is 16.6. The van der Waals surface area contributed by atoms with Crippen LogP contribution in [0.4, 0.5) is 9.59 Å². The minimum Gasteiger partial charge on any atom is -0.493 e. The Balaban J connectivity index is 0.000000284. The van der Waals surface area contributed by atoms with Crippen molar-refractivity contribution in [3.8, 4) is 17.2 Å². The third-order valence-corrected chi connectivity index (χ3v) is 4.54. The summed E-state index contributed by atoms with van der Waals surface area (Å²) < 4.78 is 21.1. The van der Waals surface area contributed by atoms with E-state index in [-0.39, 0.29) is 0 Å². The molecule has 9 nitrogen and oxygen atoms in total. The Hall–Kier alpha value is -4.01. The van der Waals surface area contributed by atoms with E-state index < -0.39 is 23.4 Å². The van der Waals surface area contributed by atoms with Crippen molar-refractivity contribution in [3.05, 3.63) is 71.6 Å². The van der Waals surface area contributed by atoms with Crippen molar-refractivity contribution in [2.24, 2.45) is 10.2 Å². The summed E-state index contributed by atoms with van der Waals surface area (Å²) in [6.07, 6.45) is -1.10. The molecule has 0 saturated heterocycles. The molecule has 0 spiro atoms. The summed E-state index contributed by atoms with van der Waals surface area (Å²) >= 11 is 0. The van der Waals surface area contributed by atoms with Gasteiger partial charge in [-0.05, 0) is 79.7 Å². The molecule has 0 aliphatic heterocycles. The molecule has 0 radical (unpaired) electrons. The lowest BCUT2D eigenvalue weighted by Crippen LogP contribution is -2.23. The Morgan fingerprint density at radius 1 is 0.816 bits per heavy atom. The predicted octanol–water partition coefficient (Wildman–Crippen LogP) is 7.89. The van der Waals surface area contributed by atoms with Crippen molar-refractivity contribution >= 4 is 12.2 Å². The lowest BCUT2D eigenvalue weighted by Gasteiger charge is -2.17. The van der Waals surface area contributed by atoms with Crippen LogP contribution in [-0.4, -0.2) is 35.0 Å². The summed E-state index contributed by atoms with van der Waals surface area (Å²) in [7, 11) is 0. The largest absolute Gasteiger partial charge is 0.493 e. The van der Waals surface area contributed by atoms with Crippen LogP contribution in [-0.2, 0) is 15.9 Å². The van der Waals surface area contributed by atoms with E-state index in [0.29, 0.717) is 12.5 Å². The van der Waals surface area contributed by atoms with E-state index in [0.717, 1.165) is 29.2 Å².